The van der Waals surface area contributed by atoms with Crippen molar-refractivity contribution in [2.45, 2.75) is 48.2 Å². The Bertz CT molecular complexity index is 211. The molecule has 1 N–H and O–H groups in total. The number of fused-ring (bicyclic) bond motifs is 2. The number of aliphatic hydroxyl groups is 1. The average Bonchev–Trinajstić information content (AvgIpc) is 2.31. The summed E-state index contributed by atoms with van der Waals surface area (Å²) in [5, 5.41) is 19.8. The molecule has 2 aliphatic rings. The van der Waals surface area contributed by atoms with Gasteiger partial charge in [-0.1, -0.05) is 0 Å². The van der Waals surface area contributed by atoms with Gasteiger partial charge in [0.05, 0.1) is 18.1 Å². The molecule has 3 heteroatoms. The van der Waals surface area contributed by atoms with Crippen LogP contribution in [-0.4, -0.2) is 21.2 Å². The van der Waals surface area contributed by atoms with Crippen LogP contribution in [0, 0.1) is 11.3 Å². The molecular weight excluding hydrogens is 170 g/mol. The first-order valence-corrected chi connectivity index (χ1v) is 5.41. The van der Waals surface area contributed by atoms with Gasteiger partial charge in [-0.05, 0) is 25.7 Å². The maximum Gasteiger partial charge on any atom is 0.0798 e. The van der Waals surface area contributed by atoms with E-state index in [9.17, 15) is 5.11 Å². The molecule has 2 unspecified atom stereocenters. The fourth-order valence-electron chi connectivity index (χ4n) is 2.30. The van der Waals surface area contributed by atoms with E-state index in [2.05, 4.69) is 6.07 Å². The fraction of sp³-hybridized carbons (Fsp3) is 0.889. The van der Waals surface area contributed by atoms with Crippen LogP contribution < -0.4 is 0 Å². The van der Waals surface area contributed by atoms with Gasteiger partial charge in [0.1, 0.15) is 0 Å². The normalized spacial score (nSPS) is 45.7. The molecule has 2 heterocycles. The summed E-state index contributed by atoms with van der Waals surface area (Å²) in [7, 11) is 0. The minimum absolute atomic E-state index is 0.320. The van der Waals surface area contributed by atoms with E-state index < -0.39 is 5.60 Å². The Hall–Kier alpha value is -0.200. The van der Waals surface area contributed by atoms with Gasteiger partial charge in [-0.3, -0.25) is 0 Å². The lowest BCUT2D eigenvalue weighted by Crippen LogP contribution is -2.36. The Morgan fingerprint density at radius 1 is 1.42 bits per heavy atom. The van der Waals surface area contributed by atoms with E-state index in [1.54, 1.807) is 0 Å². The maximum atomic E-state index is 10.0. The van der Waals surface area contributed by atoms with Crippen LogP contribution in [0.2, 0.25) is 0 Å². The molecule has 2 nitrogen and oxygen atoms in total. The fourth-order valence-corrected chi connectivity index (χ4v) is 4.20. The van der Waals surface area contributed by atoms with Gasteiger partial charge >= 0.3 is 0 Å². The molecule has 0 aromatic rings. The number of thioether (sulfide) groups is 1. The van der Waals surface area contributed by atoms with E-state index in [4.69, 9.17) is 5.26 Å². The molecule has 0 spiro atoms. The van der Waals surface area contributed by atoms with Crippen molar-refractivity contribution in [2.24, 2.45) is 0 Å². The monoisotopic (exact) mass is 183 g/mol. The van der Waals surface area contributed by atoms with Crippen molar-refractivity contribution < 1.29 is 5.11 Å². The molecular formula is C9H13NOS. The van der Waals surface area contributed by atoms with Crippen molar-refractivity contribution in [1.29, 1.82) is 5.26 Å². The average molecular weight is 183 g/mol. The van der Waals surface area contributed by atoms with Crippen LogP contribution in [0.3, 0.4) is 0 Å². The summed E-state index contributed by atoms with van der Waals surface area (Å²) in [5.41, 5.74) is -0.647. The number of hydrogen-bond acceptors (Lipinski definition) is 3. The zero-order valence-corrected chi connectivity index (χ0v) is 7.81. The van der Waals surface area contributed by atoms with Crippen LogP contribution in [0.15, 0.2) is 0 Å². The standard InChI is InChI=1S/C9H13NOS/c10-4-3-9(11)5-7-1-2-8(6-9)12-7/h7-8,11H,1-3,5-6H2. The third kappa shape index (κ3) is 1.46. The third-order valence-corrected chi connectivity index (χ3v) is 4.39. The summed E-state index contributed by atoms with van der Waals surface area (Å²) in [6.45, 7) is 0. The lowest BCUT2D eigenvalue weighted by molar-refractivity contribution is 0.0285. The summed E-state index contributed by atoms with van der Waals surface area (Å²) in [6.07, 6.45) is 4.47. The van der Waals surface area contributed by atoms with Gasteiger partial charge in [-0.25, -0.2) is 0 Å². The highest BCUT2D eigenvalue weighted by atomic mass is 32.2. The van der Waals surface area contributed by atoms with E-state index >= 15 is 0 Å². The Morgan fingerprint density at radius 3 is 2.50 bits per heavy atom. The van der Waals surface area contributed by atoms with E-state index in [-0.39, 0.29) is 0 Å². The zero-order valence-electron chi connectivity index (χ0n) is 6.99. The van der Waals surface area contributed by atoms with Gasteiger partial charge in [0.25, 0.3) is 0 Å². The van der Waals surface area contributed by atoms with Crippen molar-refractivity contribution >= 4 is 11.8 Å². The Labute approximate surface area is 77.0 Å². The van der Waals surface area contributed by atoms with Gasteiger partial charge in [0.15, 0.2) is 0 Å². The van der Waals surface area contributed by atoms with E-state index in [0.29, 0.717) is 16.9 Å². The highest BCUT2D eigenvalue weighted by Crippen LogP contribution is 2.48. The first kappa shape index (κ1) is 8.40. The predicted octanol–water partition coefficient (Wildman–Crippen LogP) is 1.69. The molecule has 0 saturated carbocycles. The molecule has 0 radical (unpaired) electrons. The molecule has 0 amide bonds. The smallest absolute Gasteiger partial charge is 0.0798 e. The second kappa shape index (κ2) is 2.93. The Morgan fingerprint density at radius 2 is 2.00 bits per heavy atom. The first-order chi connectivity index (χ1) is 5.72. The van der Waals surface area contributed by atoms with Crippen LogP contribution in [-0.2, 0) is 0 Å². The zero-order chi connectivity index (χ0) is 8.60. The van der Waals surface area contributed by atoms with Gasteiger partial charge in [0.2, 0.25) is 0 Å². The highest BCUT2D eigenvalue weighted by molar-refractivity contribution is 8.00. The van der Waals surface area contributed by atoms with Gasteiger partial charge in [0, 0.05) is 10.5 Å². The van der Waals surface area contributed by atoms with Crippen molar-refractivity contribution in [1.82, 2.24) is 0 Å². The van der Waals surface area contributed by atoms with Crippen LogP contribution in [0.5, 0.6) is 0 Å². The van der Waals surface area contributed by atoms with Gasteiger partial charge < -0.3 is 5.11 Å². The number of nitriles is 1. The predicted molar refractivity (Wildman–Crippen MR) is 48.8 cm³/mol. The summed E-state index contributed by atoms with van der Waals surface area (Å²) < 4.78 is 0. The van der Waals surface area contributed by atoms with Crippen LogP contribution in [0.1, 0.15) is 32.1 Å². The summed E-state index contributed by atoms with van der Waals surface area (Å²) in [5.74, 6) is 0. The van der Waals surface area contributed by atoms with Crippen LogP contribution in [0.25, 0.3) is 0 Å². The minimum Gasteiger partial charge on any atom is -0.389 e. The summed E-state index contributed by atoms with van der Waals surface area (Å²) in [4.78, 5) is 0. The molecule has 2 fully saturated rings. The molecule has 12 heavy (non-hydrogen) atoms. The first-order valence-electron chi connectivity index (χ1n) is 4.47. The lowest BCUT2D eigenvalue weighted by atomic mass is 9.91. The number of rotatable bonds is 1. The second-order valence-corrected chi connectivity index (χ2v) is 5.53. The number of hydrogen-bond donors (Lipinski definition) is 1. The SMILES string of the molecule is N#CCC1(O)CC2CCC(C1)S2. The molecule has 2 atom stereocenters. The van der Waals surface area contributed by atoms with Crippen molar-refractivity contribution in [3.8, 4) is 6.07 Å². The van der Waals surface area contributed by atoms with E-state index in [1.165, 1.54) is 12.8 Å². The van der Waals surface area contributed by atoms with Crippen molar-refractivity contribution in [3.63, 3.8) is 0 Å². The summed E-state index contributed by atoms with van der Waals surface area (Å²) >= 11 is 2.01. The molecule has 0 aliphatic carbocycles. The van der Waals surface area contributed by atoms with Crippen molar-refractivity contribution in [3.05, 3.63) is 0 Å². The Kier molecular flexibility index (Phi) is 2.05. The van der Waals surface area contributed by atoms with E-state index in [0.717, 1.165) is 12.8 Å². The van der Waals surface area contributed by atoms with Crippen LogP contribution in [0.4, 0.5) is 0 Å². The molecule has 2 rings (SSSR count). The second-order valence-electron chi connectivity index (χ2n) is 3.92. The van der Waals surface area contributed by atoms with Gasteiger partial charge in [-0.15, -0.1) is 0 Å². The molecule has 2 bridgehead atoms. The van der Waals surface area contributed by atoms with Crippen molar-refractivity contribution in [2.75, 3.05) is 0 Å². The Balaban J connectivity index is 2.06. The largest absolute Gasteiger partial charge is 0.389 e. The maximum absolute atomic E-state index is 10.0. The van der Waals surface area contributed by atoms with Crippen LogP contribution >= 0.6 is 11.8 Å². The molecule has 0 aromatic heterocycles. The quantitative estimate of drug-likeness (QED) is 0.672. The minimum atomic E-state index is -0.647. The van der Waals surface area contributed by atoms with Gasteiger partial charge in [-0.2, -0.15) is 17.0 Å². The molecule has 0 aromatic carbocycles. The highest BCUT2D eigenvalue weighted by Gasteiger charge is 2.42. The summed E-state index contributed by atoms with van der Waals surface area (Å²) in [6, 6.07) is 2.09. The third-order valence-electron chi connectivity index (χ3n) is 2.82. The van der Waals surface area contributed by atoms with E-state index in [1.807, 2.05) is 11.8 Å². The lowest BCUT2D eigenvalue weighted by Gasteiger charge is -2.34. The molecule has 2 saturated heterocycles. The number of nitrogens with zero attached hydrogens (tertiary/aromatic N) is 1. The molecule has 2 aliphatic heterocycles. The molecule has 66 valence electrons. The topological polar surface area (TPSA) is 44.0 Å².